The summed E-state index contributed by atoms with van der Waals surface area (Å²) in [5.41, 5.74) is 2.25. The number of carbonyl (C=O) groups excluding carboxylic acids is 3. The number of rotatable bonds is 8. The minimum Gasteiger partial charge on any atom is -0.489 e. The highest BCUT2D eigenvalue weighted by Gasteiger charge is 2.37. The molecule has 0 spiro atoms. The van der Waals surface area contributed by atoms with Crippen LogP contribution in [-0.4, -0.2) is 17.8 Å². The quantitative estimate of drug-likeness (QED) is 0.185. The first-order valence-electron chi connectivity index (χ1n) is 12.2. The van der Waals surface area contributed by atoms with E-state index >= 15 is 0 Å². The number of nitrogens with one attached hydrogen (secondary N) is 1. The summed E-state index contributed by atoms with van der Waals surface area (Å²) in [6.45, 7) is 0.485. The van der Waals surface area contributed by atoms with Gasteiger partial charge in [0.25, 0.3) is 11.8 Å². The van der Waals surface area contributed by atoms with Crippen LogP contribution >= 0.6 is 23.2 Å². The summed E-state index contributed by atoms with van der Waals surface area (Å²) in [7, 11) is 0. The molecule has 1 aliphatic rings. The van der Waals surface area contributed by atoms with Gasteiger partial charge in [0, 0.05) is 21.2 Å². The van der Waals surface area contributed by atoms with Gasteiger partial charge in [-0.3, -0.25) is 14.9 Å². The van der Waals surface area contributed by atoms with Gasteiger partial charge in [0.15, 0.2) is 0 Å². The Balaban J connectivity index is 1.34. The number of nitrogens with zero attached hydrogens (tertiary/aromatic N) is 1. The van der Waals surface area contributed by atoms with Crippen LogP contribution in [0.1, 0.15) is 16.7 Å². The Bertz CT molecular complexity index is 1620. The number of ether oxygens (including phenoxy) is 2. The van der Waals surface area contributed by atoms with Gasteiger partial charge in [-0.1, -0.05) is 71.7 Å². The van der Waals surface area contributed by atoms with E-state index in [2.05, 4.69) is 5.32 Å². The van der Waals surface area contributed by atoms with Crippen molar-refractivity contribution in [3.63, 3.8) is 0 Å². The van der Waals surface area contributed by atoms with Crippen molar-refractivity contribution < 1.29 is 23.9 Å². The molecule has 0 atom stereocenters. The predicted molar refractivity (Wildman–Crippen MR) is 153 cm³/mol. The first kappa shape index (κ1) is 27.0. The van der Waals surface area contributed by atoms with Gasteiger partial charge < -0.3 is 9.47 Å². The van der Waals surface area contributed by atoms with Crippen LogP contribution in [0.2, 0.25) is 10.0 Å². The molecule has 0 aromatic heterocycles. The third-order valence-electron chi connectivity index (χ3n) is 6.05. The molecule has 7 nitrogen and oxygen atoms in total. The van der Waals surface area contributed by atoms with Gasteiger partial charge >= 0.3 is 6.03 Å². The molecule has 0 saturated carbocycles. The average molecular weight is 573 g/mol. The van der Waals surface area contributed by atoms with E-state index in [0.29, 0.717) is 27.1 Å². The number of barbiturate groups is 1. The molecule has 9 heteroatoms. The summed E-state index contributed by atoms with van der Waals surface area (Å²) >= 11 is 12.2. The van der Waals surface area contributed by atoms with E-state index in [1.165, 1.54) is 6.08 Å². The van der Waals surface area contributed by atoms with Gasteiger partial charge in [0.2, 0.25) is 0 Å². The maximum atomic E-state index is 13.4. The zero-order valence-corrected chi connectivity index (χ0v) is 22.5. The van der Waals surface area contributed by atoms with Crippen LogP contribution in [0.15, 0.2) is 103 Å². The number of hydrogen-bond acceptors (Lipinski definition) is 5. The van der Waals surface area contributed by atoms with E-state index in [-0.39, 0.29) is 24.5 Å². The van der Waals surface area contributed by atoms with Crippen LogP contribution in [0.4, 0.5) is 10.5 Å². The number of carbonyl (C=O) groups is 3. The number of halogens is 2. The van der Waals surface area contributed by atoms with Gasteiger partial charge in [-0.15, -0.1) is 0 Å². The number of benzene rings is 4. The Morgan fingerprint density at radius 1 is 0.775 bits per heavy atom. The lowest BCUT2D eigenvalue weighted by Gasteiger charge is -2.26. The van der Waals surface area contributed by atoms with Crippen LogP contribution < -0.4 is 19.7 Å². The van der Waals surface area contributed by atoms with Crippen molar-refractivity contribution in [3.05, 3.63) is 129 Å². The summed E-state index contributed by atoms with van der Waals surface area (Å²) in [6.07, 6.45) is 1.41. The standard InChI is InChI=1S/C31H22Cl2N2O5/c32-23-9-5-6-20(16-23)18-40-28-11-4-2-7-21(28)17-26-29(36)34-31(38)35(30(26)37)24-12-14-25(15-13-24)39-19-22-8-1-3-10-27(22)33/h1-17H,18-19H2,(H,34,36,38)/b26-17+. The molecule has 40 heavy (non-hydrogen) atoms. The topological polar surface area (TPSA) is 84.9 Å². The lowest BCUT2D eigenvalue weighted by Crippen LogP contribution is -2.54. The fourth-order valence-corrected chi connectivity index (χ4v) is 4.44. The SMILES string of the molecule is O=C1NC(=O)N(c2ccc(OCc3ccccc3Cl)cc2)C(=O)/C1=C/c1ccccc1OCc1cccc(Cl)c1. The second-order valence-electron chi connectivity index (χ2n) is 8.79. The van der Waals surface area contributed by atoms with E-state index in [1.54, 1.807) is 66.7 Å². The number of imide groups is 2. The van der Waals surface area contributed by atoms with E-state index in [0.717, 1.165) is 16.0 Å². The van der Waals surface area contributed by atoms with E-state index in [1.807, 2.05) is 30.3 Å². The Hall–Kier alpha value is -4.59. The fraction of sp³-hybridized carbons (Fsp3) is 0.0645. The van der Waals surface area contributed by atoms with Crippen molar-refractivity contribution in [1.29, 1.82) is 0 Å². The molecule has 4 amide bonds. The van der Waals surface area contributed by atoms with E-state index in [9.17, 15) is 14.4 Å². The first-order valence-corrected chi connectivity index (χ1v) is 13.0. The molecular formula is C31H22Cl2N2O5. The smallest absolute Gasteiger partial charge is 0.335 e. The normalized spacial score (nSPS) is 14.3. The lowest BCUT2D eigenvalue weighted by atomic mass is 10.1. The van der Waals surface area contributed by atoms with Crippen LogP contribution in [0.5, 0.6) is 11.5 Å². The second kappa shape index (κ2) is 12.1. The Labute approximate surface area is 240 Å². The molecule has 200 valence electrons. The minimum atomic E-state index is -0.845. The lowest BCUT2D eigenvalue weighted by molar-refractivity contribution is -0.122. The van der Waals surface area contributed by atoms with Crippen LogP contribution in [0.25, 0.3) is 6.08 Å². The van der Waals surface area contributed by atoms with Crippen molar-refractivity contribution in [2.45, 2.75) is 13.2 Å². The number of para-hydroxylation sites is 1. The Morgan fingerprint density at radius 3 is 2.30 bits per heavy atom. The molecule has 0 unspecified atom stereocenters. The third kappa shape index (κ3) is 6.17. The summed E-state index contributed by atoms with van der Waals surface area (Å²) in [6, 6.07) is 27.1. The van der Waals surface area contributed by atoms with Crippen LogP contribution in [-0.2, 0) is 22.8 Å². The zero-order valence-electron chi connectivity index (χ0n) is 21.0. The van der Waals surface area contributed by atoms with Gasteiger partial charge in [-0.25, -0.2) is 9.69 Å². The molecule has 5 rings (SSSR count). The molecule has 1 aliphatic heterocycles. The van der Waals surface area contributed by atoms with Crippen LogP contribution in [0.3, 0.4) is 0 Å². The summed E-state index contributed by atoms with van der Waals surface area (Å²) < 4.78 is 11.7. The minimum absolute atomic E-state index is 0.211. The van der Waals surface area contributed by atoms with Crippen molar-refractivity contribution in [2.24, 2.45) is 0 Å². The number of anilines is 1. The van der Waals surface area contributed by atoms with Gasteiger partial charge in [-0.05, 0) is 60.2 Å². The maximum Gasteiger partial charge on any atom is 0.335 e. The molecule has 0 radical (unpaired) electrons. The van der Waals surface area contributed by atoms with Crippen molar-refractivity contribution in [2.75, 3.05) is 4.90 Å². The fourth-order valence-electron chi connectivity index (χ4n) is 4.03. The summed E-state index contributed by atoms with van der Waals surface area (Å²) in [4.78, 5) is 39.6. The summed E-state index contributed by atoms with van der Waals surface area (Å²) in [5.74, 6) is -0.580. The molecule has 1 N–H and O–H groups in total. The third-order valence-corrected chi connectivity index (χ3v) is 6.65. The average Bonchev–Trinajstić information content (AvgIpc) is 2.95. The highest BCUT2D eigenvalue weighted by molar-refractivity contribution is 6.39. The monoisotopic (exact) mass is 572 g/mol. The van der Waals surface area contributed by atoms with E-state index < -0.39 is 17.8 Å². The van der Waals surface area contributed by atoms with E-state index in [4.69, 9.17) is 32.7 Å². The van der Waals surface area contributed by atoms with Crippen molar-refractivity contribution in [1.82, 2.24) is 5.32 Å². The first-order chi connectivity index (χ1) is 19.4. The van der Waals surface area contributed by atoms with Crippen LogP contribution in [0, 0.1) is 0 Å². The molecular weight excluding hydrogens is 551 g/mol. The molecule has 1 fully saturated rings. The molecule has 0 bridgehead atoms. The predicted octanol–water partition coefficient (Wildman–Crippen LogP) is 6.82. The Morgan fingerprint density at radius 2 is 1.52 bits per heavy atom. The second-order valence-corrected chi connectivity index (χ2v) is 9.63. The highest BCUT2D eigenvalue weighted by Crippen LogP contribution is 2.28. The van der Waals surface area contributed by atoms with Crippen molar-refractivity contribution >= 4 is 52.8 Å². The van der Waals surface area contributed by atoms with Gasteiger partial charge in [0.05, 0.1) is 5.69 Å². The summed E-state index contributed by atoms with van der Waals surface area (Å²) in [5, 5.41) is 3.42. The largest absolute Gasteiger partial charge is 0.489 e. The molecule has 4 aromatic rings. The van der Waals surface area contributed by atoms with Gasteiger partial charge in [0.1, 0.15) is 30.3 Å². The number of urea groups is 1. The maximum absolute atomic E-state index is 13.4. The van der Waals surface area contributed by atoms with Gasteiger partial charge in [-0.2, -0.15) is 0 Å². The van der Waals surface area contributed by atoms with Crippen molar-refractivity contribution in [3.8, 4) is 11.5 Å². The number of amides is 4. The molecule has 1 saturated heterocycles. The molecule has 4 aromatic carbocycles. The highest BCUT2D eigenvalue weighted by atomic mass is 35.5. The Kier molecular flexibility index (Phi) is 8.15. The molecule has 1 heterocycles. The molecule has 0 aliphatic carbocycles. The zero-order chi connectivity index (χ0) is 28.1. The number of hydrogen-bond donors (Lipinski definition) is 1.